The van der Waals surface area contributed by atoms with Crippen molar-refractivity contribution in [2.45, 2.75) is 18.4 Å². The van der Waals surface area contributed by atoms with Crippen molar-refractivity contribution in [2.24, 2.45) is 5.92 Å². The highest BCUT2D eigenvalue weighted by Crippen LogP contribution is 2.50. The van der Waals surface area contributed by atoms with E-state index in [9.17, 15) is 14.3 Å². The van der Waals surface area contributed by atoms with Crippen LogP contribution in [0, 0.1) is 11.7 Å². The lowest BCUT2D eigenvalue weighted by atomic mass is 9.67. The van der Waals surface area contributed by atoms with Crippen molar-refractivity contribution in [3.05, 3.63) is 57.0 Å². The Hall–Kier alpha value is -1.56. The van der Waals surface area contributed by atoms with Crippen molar-refractivity contribution < 1.29 is 14.3 Å². The SMILES string of the molecule is CN1CCC(C2(O)c3ccccc3C(=O)c3scc(F)c32)CC1. The molecule has 2 aromatic rings. The van der Waals surface area contributed by atoms with Crippen LogP contribution in [0.4, 0.5) is 4.39 Å². The molecule has 1 fully saturated rings. The molecule has 0 radical (unpaired) electrons. The van der Waals surface area contributed by atoms with E-state index in [2.05, 4.69) is 11.9 Å². The molecule has 1 saturated heterocycles. The van der Waals surface area contributed by atoms with E-state index in [1.165, 1.54) is 5.38 Å². The van der Waals surface area contributed by atoms with Gasteiger partial charge < -0.3 is 10.0 Å². The molecule has 0 spiro atoms. The number of aliphatic hydroxyl groups is 1. The van der Waals surface area contributed by atoms with Gasteiger partial charge in [0.25, 0.3) is 0 Å². The van der Waals surface area contributed by atoms with Crippen molar-refractivity contribution in [1.29, 1.82) is 0 Å². The highest BCUT2D eigenvalue weighted by molar-refractivity contribution is 7.12. The number of carbonyl (C=O) groups excluding carboxylic acids is 1. The van der Waals surface area contributed by atoms with Gasteiger partial charge in [-0.1, -0.05) is 24.3 Å². The smallest absolute Gasteiger partial charge is 0.203 e. The molecule has 1 aromatic carbocycles. The Morgan fingerprint density at radius 3 is 2.74 bits per heavy atom. The van der Waals surface area contributed by atoms with Crippen LogP contribution in [0.2, 0.25) is 0 Å². The van der Waals surface area contributed by atoms with Crippen molar-refractivity contribution in [2.75, 3.05) is 20.1 Å². The number of fused-ring (bicyclic) bond motifs is 2. The van der Waals surface area contributed by atoms with Crippen LogP contribution < -0.4 is 0 Å². The molecule has 3 nitrogen and oxygen atoms in total. The monoisotopic (exact) mass is 331 g/mol. The predicted molar refractivity (Wildman–Crippen MR) is 87.4 cm³/mol. The van der Waals surface area contributed by atoms with Gasteiger partial charge in [-0.05, 0) is 44.5 Å². The maximum atomic E-state index is 14.5. The largest absolute Gasteiger partial charge is 0.380 e. The van der Waals surface area contributed by atoms with E-state index in [4.69, 9.17) is 0 Å². The maximum absolute atomic E-state index is 14.5. The minimum atomic E-state index is -1.41. The molecule has 1 aliphatic carbocycles. The zero-order chi connectivity index (χ0) is 16.2. The van der Waals surface area contributed by atoms with Crippen LogP contribution in [-0.4, -0.2) is 35.9 Å². The summed E-state index contributed by atoms with van der Waals surface area (Å²) in [4.78, 5) is 15.2. The van der Waals surface area contributed by atoms with Gasteiger partial charge >= 0.3 is 0 Å². The van der Waals surface area contributed by atoms with Crippen LogP contribution in [0.1, 0.15) is 39.2 Å². The van der Waals surface area contributed by atoms with Gasteiger partial charge in [0.15, 0.2) is 0 Å². The molecule has 23 heavy (non-hydrogen) atoms. The molecule has 1 aromatic heterocycles. The van der Waals surface area contributed by atoms with E-state index < -0.39 is 11.4 Å². The molecule has 2 heterocycles. The first kappa shape index (κ1) is 15.0. The second kappa shape index (κ2) is 5.23. The van der Waals surface area contributed by atoms with Gasteiger partial charge in [0, 0.05) is 16.5 Å². The van der Waals surface area contributed by atoms with Gasteiger partial charge in [-0.2, -0.15) is 0 Å². The topological polar surface area (TPSA) is 40.5 Å². The lowest BCUT2D eigenvalue weighted by molar-refractivity contribution is -0.0154. The molecule has 5 heteroatoms. The van der Waals surface area contributed by atoms with E-state index in [0.29, 0.717) is 16.0 Å². The normalized spacial score (nSPS) is 25.3. The zero-order valence-electron chi connectivity index (χ0n) is 12.9. The van der Waals surface area contributed by atoms with Crippen LogP contribution in [0.3, 0.4) is 0 Å². The molecule has 1 atom stereocenters. The summed E-state index contributed by atoms with van der Waals surface area (Å²) in [5, 5.41) is 13.0. The first-order valence-corrected chi connectivity index (χ1v) is 8.74. The molecule has 120 valence electrons. The Labute approximate surface area is 138 Å². The lowest BCUT2D eigenvalue weighted by Gasteiger charge is -2.43. The number of piperidine rings is 1. The Morgan fingerprint density at radius 1 is 1.30 bits per heavy atom. The van der Waals surface area contributed by atoms with Gasteiger partial charge in [0.1, 0.15) is 11.4 Å². The number of carbonyl (C=O) groups is 1. The fraction of sp³-hybridized carbons (Fsp3) is 0.389. The van der Waals surface area contributed by atoms with E-state index >= 15 is 0 Å². The molecular weight excluding hydrogens is 313 g/mol. The third kappa shape index (κ3) is 2.04. The maximum Gasteiger partial charge on any atom is 0.203 e. The third-order valence-electron chi connectivity index (χ3n) is 5.23. The number of ketones is 1. The van der Waals surface area contributed by atoms with Crippen LogP contribution in [0.5, 0.6) is 0 Å². The molecular formula is C18H18FNO2S. The highest BCUT2D eigenvalue weighted by atomic mass is 32.1. The van der Waals surface area contributed by atoms with Gasteiger partial charge in [0.2, 0.25) is 5.78 Å². The average molecular weight is 331 g/mol. The van der Waals surface area contributed by atoms with Gasteiger partial charge in [-0.25, -0.2) is 4.39 Å². The van der Waals surface area contributed by atoms with Crippen LogP contribution in [0.15, 0.2) is 29.6 Å². The summed E-state index contributed by atoms with van der Waals surface area (Å²) < 4.78 is 14.5. The highest BCUT2D eigenvalue weighted by Gasteiger charge is 2.50. The molecule has 0 saturated carbocycles. The molecule has 0 bridgehead atoms. The Kier molecular flexibility index (Phi) is 3.41. The summed E-state index contributed by atoms with van der Waals surface area (Å²) in [6.07, 6.45) is 1.56. The fourth-order valence-electron chi connectivity index (χ4n) is 3.98. The minimum absolute atomic E-state index is 0.0872. The Bertz CT molecular complexity index is 779. The van der Waals surface area contributed by atoms with Crippen molar-refractivity contribution in [1.82, 2.24) is 4.90 Å². The standard InChI is InChI=1S/C18H18FNO2S/c1-20-8-6-11(7-9-20)18(22)13-5-3-2-4-12(13)16(21)17-15(18)14(19)10-23-17/h2-5,10-11,22H,6-9H2,1H3. The molecule has 1 N–H and O–H groups in total. The van der Waals surface area contributed by atoms with Crippen LogP contribution in [-0.2, 0) is 5.60 Å². The van der Waals surface area contributed by atoms with Crippen LogP contribution >= 0.6 is 11.3 Å². The quantitative estimate of drug-likeness (QED) is 0.873. The lowest BCUT2D eigenvalue weighted by Crippen LogP contribution is -2.46. The third-order valence-corrected chi connectivity index (χ3v) is 6.18. The second-order valence-electron chi connectivity index (χ2n) is 6.51. The molecule has 1 unspecified atom stereocenters. The Morgan fingerprint density at radius 2 is 2.00 bits per heavy atom. The summed E-state index contributed by atoms with van der Waals surface area (Å²) in [5.74, 6) is -0.729. The zero-order valence-corrected chi connectivity index (χ0v) is 13.7. The summed E-state index contributed by atoms with van der Waals surface area (Å²) in [5.41, 5.74) is -0.154. The van der Waals surface area contributed by atoms with Gasteiger partial charge in [0.05, 0.1) is 4.88 Å². The van der Waals surface area contributed by atoms with E-state index in [0.717, 1.165) is 37.3 Å². The van der Waals surface area contributed by atoms with Crippen molar-refractivity contribution >= 4 is 17.1 Å². The van der Waals surface area contributed by atoms with Gasteiger partial charge in [-0.3, -0.25) is 4.79 Å². The second-order valence-corrected chi connectivity index (χ2v) is 7.39. The van der Waals surface area contributed by atoms with Gasteiger partial charge in [-0.15, -0.1) is 11.3 Å². The van der Waals surface area contributed by atoms with E-state index in [-0.39, 0.29) is 17.3 Å². The number of benzene rings is 1. The fourth-order valence-corrected chi connectivity index (χ4v) is 4.91. The number of hydrogen-bond acceptors (Lipinski definition) is 4. The number of hydrogen-bond donors (Lipinski definition) is 1. The summed E-state index contributed by atoms with van der Waals surface area (Å²) in [7, 11) is 2.05. The molecule has 2 aliphatic rings. The van der Waals surface area contributed by atoms with E-state index in [1.54, 1.807) is 24.3 Å². The summed E-state index contributed by atoms with van der Waals surface area (Å²) in [6.45, 7) is 1.73. The molecule has 0 amide bonds. The number of thiophene rings is 1. The summed E-state index contributed by atoms with van der Waals surface area (Å²) >= 11 is 1.10. The first-order valence-electron chi connectivity index (χ1n) is 7.86. The van der Waals surface area contributed by atoms with Crippen molar-refractivity contribution in [3.8, 4) is 0 Å². The van der Waals surface area contributed by atoms with Crippen molar-refractivity contribution in [3.63, 3.8) is 0 Å². The number of likely N-dealkylation sites (tertiary alicyclic amines) is 1. The Balaban J connectivity index is 1.93. The molecule has 1 aliphatic heterocycles. The van der Waals surface area contributed by atoms with Crippen LogP contribution in [0.25, 0.3) is 0 Å². The minimum Gasteiger partial charge on any atom is -0.380 e. The predicted octanol–water partition coefficient (Wildman–Crippen LogP) is 3.01. The number of nitrogens with zero attached hydrogens (tertiary/aromatic N) is 1. The average Bonchev–Trinajstić information content (AvgIpc) is 2.96. The number of rotatable bonds is 1. The first-order chi connectivity index (χ1) is 11.0. The summed E-state index contributed by atoms with van der Waals surface area (Å²) in [6, 6.07) is 7.10. The molecule has 4 rings (SSSR count). The number of halogens is 1. The van der Waals surface area contributed by atoms with E-state index in [1.807, 2.05) is 0 Å².